The quantitative estimate of drug-likeness (QED) is 0.684. The monoisotopic (exact) mass is 326 g/mol. The molecule has 0 atom stereocenters. The van der Waals surface area contributed by atoms with E-state index in [9.17, 15) is 9.18 Å². The first kappa shape index (κ1) is 14.4. The Labute approximate surface area is 129 Å². The van der Waals surface area contributed by atoms with Crippen molar-refractivity contribution < 1.29 is 14.3 Å². The summed E-state index contributed by atoms with van der Waals surface area (Å²) < 4.78 is 15.7. The third-order valence-electron chi connectivity index (χ3n) is 3.37. The van der Waals surface area contributed by atoms with Gasteiger partial charge >= 0.3 is 5.97 Å². The molecule has 4 nitrogen and oxygen atoms in total. The maximum atomic E-state index is 13.7. The Morgan fingerprint density at radius 1 is 1.48 bits per heavy atom. The van der Waals surface area contributed by atoms with Crippen molar-refractivity contribution in [2.24, 2.45) is 0 Å². The molecular formula is C14H12ClFN2O2S. The summed E-state index contributed by atoms with van der Waals surface area (Å²) in [6, 6.07) is 3.00. The number of halogens is 2. The number of rotatable bonds is 4. The average Bonchev–Trinajstić information content (AvgIpc) is 3.04. The van der Waals surface area contributed by atoms with E-state index in [4.69, 9.17) is 16.7 Å². The van der Waals surface area contributed by atoms with Gasteiger partial charge in [-0.1, -0.05) is 35.5 Å². The topological polar surface area (TPSA) is 55.1 Å². The highest BCUT2D eigenvalue weighted by atomic mass is 35.5. The van der Waals surface area contributed by atoms with Crippen LogP contribution in [0.3, 0.4) is 0 Å². The fourth-order valence-corrected chi connectivity index (χ4v) is 3.42. The average molecular weight is 327 g/mol. The van der Waals surface area contributed by atoms with Crippen LogP contribution in [0.4, 0.5) is 4.39 Å². The lowest BCUT2D eigenvalue weighted by atomic mass is 10.2. The summed E-state index contributed by atoms with van der Waals surface area (Å²) in [5.74, 6) is -1.49. The molecule has 0 unspecified atom stereocenters. The van der Waals surface area contributed by atoms with E-state index in [0.29, 0.717) is 16.2 Å². The minimum atomic E-state index is -0.910. The van der Waals surface area contributed by atoms with E-state index in [0.717, 1.165) is 24.6 Å². The van der Waals surface area contributed by atoms with Crippen LogP contribution in [0.2, 0.25) is 5.02 Å². The lowest BCUT2D eigenvalue weighted by Gasteiger charge is -2.15. The molecule has 1 aliphatic rings. The number of benzene rings is 1. The normalized spacial score (nSPS) is 15.1. The summed E-state index contributed by atoms with van der Waals surface area (Å²) in [5.41, 5.74) is 1.24. The van der Waals surface area contributed by atoms with Gasteiger partial charge < -0.3 is 9.67 Å². The number of fused-ring (bicyclic) bond motifs is 1. The Morgan fingerprint density at radius 3 is 2.86 bits per heavy atom. The highest BCUT2D eigenvalue weighted by Crippen LogP contribution is 2.35. The van der Waals surface area contributed by atoms with E-state index < -0.39 is 11.8 Å². The van der Waals surface area contributed by atoms with Crippen LogP contribution >= 0.6 is 23.4 Å². The SMILES string of the molecule is O=C(O)CSc1nc2cc(Cl)c(F)cc2n1C1CC=CC1. The fraction of sp³-hybridized carbons (Fsp3) is 0.286. The van der Waals surface area contributed by atoms with Gasteiger partial charge in [-0.05, 0) is 18.9 Å². The zero-order valence-corrected chi connectivity index (χ0v) is 12.5. The van der Waals surface area contributed by atoms with Crippen LogP contribution in [-0.4, -0.2) is 26.4 Å². The summed E-state index contributed by atoms with van der Waals surface area (Å²) in [6.45, 7) is 0. The van der Waals surface area contributed by atoms with Gasteiger partial charge in [0.05, 0.1) is 21.8 Å². The van der Waals surface area contributed by atoms with E-state index >= 15 is 0 Å². The first-order valence-corrected chi connectivity index (χ1v) is 7.79. The molecule has 0 aliphatic heterocycles. The molecule has 0 fully saturated rings. The van der Waals surface area contributed by atoms with Crippen LogP contribution in [0.25, 0.3) is 11.0 Å². The van der Waals surface area contributed by atoms with Crippen LogP contribution in [0.5, 0.6) is 0 Å². The Kier molecular flexibility index (Phi) is 3.91. The molecule has 1 aromatic carbocycles. The summed E-state index contributed by atoms with van der Waals surface area (Å²) >= 11 is 6.94. The van der Waals surface area contributed by atoms with Gasteiger partial charge in [-0.25, -0.2) is 9.37 Å². The number of allylic oxidation sites excluding steroid dienone is 2. The number of hydrogen-bond donors (Lipinski definition) is 1. The molecule has 0 saturated heterocycles. The Balaban J connectivity index is 2.10. The minimum Gasteiger partial charge on any atom is -0.481 e. The molecule has 2 aromatic rings. The second-order valence-electron chi connectivity index (χ2n) is 4.80. The molecule has 7 heteroatoms. The summed E-state index contributed by atoms with van der Waals surface area (Å²) in [4.78, 5) is 15.2. The summed E-state index contributed by atoms with van der Waals surface area (Å²) in [6.07, 6.45) is 5.79. The number of aromatic nitrogens is 2. The van der Waals surface area contributed by atoms with Gasteiger partial charge in [-0.3, -0.25) is 4.79 Å². The predicted octanol–water partition coefficient (Wildman–Crippen LogP) is 3.90. The third kappa shape index (κ3) is 2.78. The van der Waals surface area contributed by atoms with Crippen LogP contribution in [0.15, 0.2) is 29.4 Å². The molecule has 0 bridgehead atoms. The second kappa shape index (κ2) is 5.69. The Bertz CT molecular complexity index is 736. The van der Waals surface area contributed by atoms with Crippen LogP contribution in [0.1, 0.15) is 18.9 Å². The zero-order chi connectivity index (χ0) is 15.0. The molecule has 0 amide bonds. The Hall–Kier alpha value is -1.53. The van der Waals surface area contributed by atoms with Gasteiger partial charge in [0.15, 0.2) is 5.16 Å². The van der Waals surface area contributed by atoms with E-state index in [-0.39, 0.29) is 16.8 Å². The van der Waals surface area contributed by atoms with E-state index in [1.54, 1.807) is 0 Å². The smallest absolute Gasteiger partial charge is 0.313 e. The van der Waals surface area contributed by atoms with Gasteiger partial charge in [0, 0.05) is 12.1 Å². The molecule has 1 aromatic heterocycles. The highest BCUT2D eigenvalue weighted by Gasteiger charge is 2.22. The lowest BCUT2D eigenvalue weighted by Crippen LogP contribution is -2.08. The molecule has 1 heterocycles. The standard InChI is InChI=1S/C14H12ClFN2O2S/c15-9-5-11-12(6-10(9)16)18(8-3-1-2-4-8)14(17-11)21-7-13(19)20/h1-2,5-6,8H,3-4,7H2,(H,19,20). The third-order valence-corrected chi connectivity index (χ3v) is 4.60. The summed E-state index contributed by atoms with van der Waals surface area (Å²) in [5, 5.41) is 9.45. The number of aliphatic carboxylic acids is 1. The van der Waals surface area contributed by atoms with Crippen LogP contribution in [-0.2, 0) is 4.79 Å². The maximum absolute atomic E-state index is 13.7. The number of nitrogens with zero attached hydrogens (tertiary/aromatic N) is 2. The van der Waals surface area contributed by atoms with Gasteiger partial charge in [0.2, 0.25) is 0 Å². The minimum absolute atomic E-state index is 0.0199. The van der Waals surface area contributed by atoms with Crippen molar-refractivity contribution in [1.29, 1.82) is 0 Å². The van der Waals surface area contributed by atoms with Crippen molar-refractivity contribution in [3.63, 3.8) is 0 Å². The largest absolute Gasteiger partial charge is 0.481 e. The van der Waals surface area contributed by atoms with Crippen molar-refractivity contribution >= 4 is 40.4 Å². The van der Waals surface area contributed by atoms with Crippen LogP contribution in [0, 0.1) is 5.82 Å². The molecule has 1 aliphatic carbocycles. The number of carboxylic acids is 1. The number of thioether (sulfide) groups is 1. The molecular weight excluding hydrogens is 315 g/mol. The molecule has 0 spiro atoms. The van der Waals surface area contributed by atoms with Gasteiger partial charge in [-0.15, -0.1) is 0 Å². The first-order valence-electron chi connectivity index (χ1n) is 6.43. The Morgan fingerprint density at radius 2 is 2.19 bits per heavy atom. The first-order chi connectivity index (χ1) is 10.1. The predicted molar refractivity (Wildman–Crippen MR) is 80.5 cm³/mol. The van der Waals surface area contributed by atoms with Crippen molar-refractivity contribution in [2.75, 3.05) is 5.75 Å². The number of carbonyl (C=O) groups is 1. The van der Waals surface area contributed by atoms with Gasteiger partial charge in [0.25, 0.3) is 0 Å². The fourth-order valence-electron chi connectivity index (χ4n) is 2.46. The molecule has 0 saturated carbocycles. The van der Waals surface area contributed by atoms with Crippen LogP contribution < -0.4 is 0 Å². The second-order valence-corrected chi connectivity index (χ2v) is 6.15. The zero-order valence-electron chi connectivity index (χ0n) is 10.9. The number of imidazole rings is 1. The van der Waals surface area contributed by atoms with Crippen molar-refractivity contribution in [1.82, 2.24) is 9.55 Å². The van der Waals surface area contributed by atoms with E-state index in [1.165, 1.54) is 12.1 Å². The molecule has 0 radical (unpaired) electrons. The summed E-state index contributed by atoms with van der Waals surface area (Å²) in [7, 11) is 0. The molecule has 21 heavy (non-hydrogen) atoms. The maximum Gasteiger partial charge on any atom is 0.313 e. The van der Waals surface area contributed by atoms with E-state index in [2.05, 4.69) is 17.1 Å². The number of carboxylic acid groups (broad SMARTS) is 1. The van der Waals surface area contributed by atoms with E-state index in [1.807, 2.05) is 4.57 Å². The number of hydrogen-bond acceptors (Lipinski definition) is 3. The van der Waals surface area contributed by atoms with Gasteiger partial charge in [-0.2, -0.15) is 0 Å². The molecule has 110 valence electrons. The van der Waals surface area contributed by atoms with Crippen molar-refractivity contribution in [3.8, 4) is 0 Å². The van der Waals surface area contributed by atoms with Gasteiger partial charge in [0.1, 0.15) is 5.82 Å². The highest BCUT2D eigenvalue weighted by molar-refractivity contribution is 7.99. The van der Waals surface area contributed by atoms with Crippen molar-refractivity contribution in [2.45, 2.75) is 24.0 Å². The van der Waals surface area contributed by atoms with Crippen molar-refractivity contribution in [3.05, 3.63) is 35.1 Å². The molecule has 1 N–H and O–H groups in total. The molecule has 3 rings (SSSR count). The lowest BCUT2D eigenvalue weighted by molar-refractivity contribution is -0.133.